The quantitative estimate of drug-likeness (QED) is 0.765. The average Bonchev–Trinajstić information content (AvgIpc) is 2.99. The molecule has 0 aliphatic carbocycles. The van der Waals surface area contributed by atoms with Crippen LogP contribution >= 0.6 is 11.3 Å². The number of fused-ring (bicyclic) bond motifs is 1. The number of phenols is 1. The van der Waals surface area contributed by atoms with Gasteiger partial charge in [0.2, 0.25) is 0 Å². The Balaban J connectivity index is 1.84. The Morgan fingerprint density at radius 2 is 2.10 bits per heavy atom. The first-order chi connectivity index (χ1) is 9.75. The minimum absolute atomic E-state index is 0.0727. The van der Waals surface area contributed by atoms with E-state index < -0.39 is 0 Å². The minimum Gasteiger partial charge on any atom is -0.507 e. The fraction of sp³-hybridized carbons (Fsp3) is 0.188. The van der Waals surface area contributed by atoms with Crippen molar-refractivity contribution in [3.63, 3.8) is 0 Å². The summed E-state index contributed by atoms with van der Waals surface area (Å²) in [5.41, 5.74) is 0.917. The zero-order valence-electron chi connectivity index (χ0n) is 11.2. The second-order valence-corrected chi connectivity index (χ2v) is 5.73. The normalized spacial score (nSPS) is 12.7. The van der Waals surface area contributed by atoms with E-state index in [1.807, 2.05) is 41.8 Å². The molecule has 3 aromatic rings. The molecule has 0 fully saturated rings. The molecule has 0 spiro atoms. The van der Waals surface area contributed by atoms with Gasteiger partial charge in [0, 0.05) is 35.1 Å². The molecule has 0 saturated carbocycles. The lowest BCUT2D eigenvalue weighted by molar-refractivity contribution is 0.458. The molecule has 2 aromatic carbocycles. The number of rotatable bonds is 4. The molecule has 0 amide bonds. The Hall–Kier alpha value is -1.91. The van der Waals surface area contributed by atoms with Crippen LogP contribution in [0.4, 0.5) is 0 Å². The SMILES string of the molecule is CC(NCc1nccs1)c1ccc2ccccc2c1O. The zero-order valence-corrected chi connectivity index (χ0v) is 12.0. The van der Waals surface area contributed by atoms with E-state index >= 15 is 0 Å². The van der Waals surface area contributed by atoms with Crippen LogP contribution in [0.15, 0.2) is 48.0 Å². The molecule has 3 rings (SSSR count). The molecule has 0 aliphatic heterocycles. The van der Waals surface area contributed by atoms with Crippen LogP contribution < -0.4 is 5.32 Å². The van der Waals surface area contributed by atoms with Crippen molar-refractivity contribution >= 4 is 22.1 Å². The fourth-order valence-electron chi connectivity index (χ4n) is 2.31. The minimum atomic E-state index is 0.0727. The molecule has 102 valence electrons. The van der Waals surface area contributed by atoms with Gasteiger partial charge < -0.3 is 10.4 Å². The molecular weight excluding hydrogens is 268 g/mol. The van der Waals surface area contributed by atoms with Crippen molar-refractivity contribution in [3.05, 3.63) is 58.5 Å². The van der Waals surface area contributed by atoms with Crippen LogP contribution in [-0.4, -0.2) is 10.1 Å². The number of aromatic hydroxyl groups is 1. The van der Waals surface area contributed by atoms with Crippen LogP contribution in [0.1, 0.15) is 23.5 Å². The van der Waals surface area contributed by atoms with Crippen LogP contribution in [0.25, 0.3) is 10.8 Å². The summed E-state index contributed by atoms with van der Waals surface area (Å²) in [6.45, 7) is 2.77. The Morgan fingerprint density at radius 1 is 1.25 bits per heavy atom. The molecule has 1 atom stereocenters. The first kappa shape index (κ1) is 13.1. The monoisotopic (exact) mass is 284 g/mol. The third kappa shape index (κ3) is 2.53. The van der Waals surface area contributed by atoms with Crippen molar-refractivity contribution in [2.24, 2.45) is 0 Å². The highest BCUT2D eigenvalue weighted by atomic mass is 32.1. The molecule has 3 nitrogen and oxygen atoms in total. The summed E-state index contributed by atoms with van der Waals surface area (Å²) >= 11 is 1.63. The summed E-state index contributed by atoms with van der Waals surface area (Å²) < 4.78 is 0. The van der Waals surface area contributed by atoms with Crippen LogP contribution in [0.2, 0.25) is 0 Å². The number of thiazole rings is 1. The molecule has 0 bridgehead atoms. The Morgan fingerprint density at radius 3 is 2.90 bits per heavy atom. The first-order valence-electron chi connectivity index (χ1n) is 6.58. The Labute approximate surface area is 121 Å². The molecule has 1 heterocycles. The summed E-state index contributed by atoms with van der Waals surface area (Å²) in [6.07, 6.45) is 1.81. The van der Waals surface area contributed by atoms with E-state index in [0.717, 1.165) is 21.3 Å². The number of nitrogens with zero attached hydrogens (tertiary/aromatic N) is 1. The lowest BCUT2D eigenvalue weighted by Gasteiger charge is -2.16. The fourth-order valence-corrected chi connectivity index (χ4v) is 2.88. The highest BCUT2D eigenvalue weighted by molar-refractivity contribution is 7.09. The van der Waals surface area contributed by atoms with E-state index in [-0.39, 0.29) is 6.04 Å². The molecule has 0 saturated heterocycles. The van der Waals surface area contributed by atoms with Gasteiger partial charge in [0.15, 0.2) is 0 Å². The highest BCUT2D eigenvalue weighted by Gasteiger charge is 2.12. The van der Waals surface area contributed by atoms with E-state index in [2.05, 4.69) is 17.2 Å². The van der Waals surface area contributed by atoms with Crippen LogP contribution in [0.5, 0.6) is 5.75 Å². The molecule has 2 N–H and O–H groups in total. The van der Waals surface area contributed by atoms with Crippen molar-refractivity contribution in [2.75, 3.05) is 0 Å². The second kappa shape index (κ2) is 5.61. The number of phenolic OH excluding ortho intramolecular Hbond substituents is 1. The van der Waals surface area contributed by atoms with E-state index in [4.69, 9.17) is 0 Å². The number of hydrogen-bond donors (Lipinski definition) is 2. The lowest BCUT2D eigenvalue weighted by Crippen LogP contribution is -2.18. The van der Waals surface area contributed by atoms with Gasteiger partial charge in [0.05, 0.1) is 0 Å². The lowest BCUT2D eigenvalue weighted by atomic mass is 10.0. The third-order valence-electron chi connectivity index (χ3n) is 3.44. The zero-order chi connectivity index (χ0) is 13.9. The topological polar surface area (TPSA) is 45.2 Å². The average molecular weight is 284 g/mol. The highest BCUT2D eigenvalue weighted by Crippen LogP contribution is 2.32. The molecule has 20 heavy (non-hydrogen) atoms. The predicted octanol–water partition coefficient (Wildman–Crippen LogP) is 3.85. The van der Waals surface area contributed by atoms with Gasteiger partial charge in [-0.15, -0.1) is 11.3 Å². The standard InChI is InChI=1S/C16H16N2OS/c1-11(18-10-15-17-8-9-20-15)13-7-6-12-4-2-3-5-14(12)16(13)19/h2-9,11,18-19H,10H2,1H3. The van der Waals surface area contributed by atoms with E-state index in [1.165, 1.54) is 0 Å². The summed E-state index contributed by atoms with van der Waals surface area (Å²) in [5.74, 6) is 0.363. The van der Waals surface area contributed by atoms with Gasteiger partial charge >= 0.3 is 0 Å². The van der Waals surface area contributed by atoms with E-state index in [1.54, 1.807) is 17.5 Å². The van der Waals surface area contributed by atoms with Crippen LogP contribution in [0.3, 0.4) is 0 Å². The maximum Gasteiger partial charge on any atom is 0.128 e. The Bertz CT molecular complexity index is 710. The molecule has 4 heteroatoms. The number of nitrogens with one attached hydrogen (secondary N) is 1. The van der Waals surface area contributed by atoms with Gasteiger partial charge in [0.1, 0.15) is 10.8 Å². The van der Waals surface area contributed by atoms with Crippen LogP contribution in [-0.2, 0) is 6.54 Å². The van der Waals surface area contributed by atoms with Crippen molar-refractivity contribution in [1.82, 2.24) is 10.3 Å². The van der Waals surface area contributed by atoms with Gasteiger partial charge in [-0.3, -0.25) is 0 Å². The predicted molar refractivity (Wildman–Crippen MR) is 83.0 cm³/mol. The number of benzene rings is 2. The van der Waals surface area contributed by atoms with Crippen molar-refractivity contribution in [2.45, 2.75) is 19.5 Å². The molecule has 0 aliphatic rings. The summed E-state index contributed by atoms with van der Waals surface area (Å²) in [4.78, 5) is 4.25. The van der Waals surface area contributed by atoms with Gasteiger partial charge in [-0.2, -0.15) is 0 Å². The van der Waals surface area contributed by atoms with E-state index in [0.29, 0.717) is 12.3 Å². The van der Waals surface area contributed by atoms with Gasteiger partial charge in [-0.25, -0.2) is 4.98 Å². The van der Waals surface area contributed by atoms with Crippen molar-refractivity contribution in [1.29, 1.82) is 0 Å². The summed E-state index contributed by atoms with van der Waals surface area (Å²) in [6, 6.07) is 12.0. The summed E-state index contributed by atoms with van der Waals surface area (Å²) in [7, 11) is 0. The van der Waals surface area contributed by atoms with Gasteiger partial charge in [-0.1, -0.05) is 36.4 Å². The van der Waals surface area contributed by atoms with Crippen molar-refractivity contribution in [3.8, 4) is 5.75 Å². The smallest absolute Gasteiger partial charge is 0.128 e. The van der Waals surface area contributed by atoms with Gasteiger partial charge in [-0.05, 0) is 12.3 Å². The largest absolute Gasteiger partial charge is 0.507 e. The number of hydrogen-bond acceptors (Lipinski definition) is 4. The Kier molecular flexibility index (Phi) is 3.67. The maximum absolute atomic E-state index is 10.4. The van der Waals surface area contributed by atoms with Gasteiger partial charge in [0.25, 0.3) is 0 Å². The van der Waals surface area contributed by atoms with E-state index in [9.17, 15) is 5.11 Å². The van der Waals surface area contributed by atoms with Crippen molar-refractivity contribution < 1.29 is 5.11 Å². The summed E-state index contributed by atoms with van der Waals surface area (Å²) in [5, 5.41) is 18.8. The molecule has 1 unspecified atom stereocenters. The molecular formula is C16H16N2OS. The molecule has 1 aromatic heterocycles. The number of aromatic nitrogens is 1. The third-order valence-corrected chi connectivity index (χ3v) is 4.22. The first-order valence-corrected chi connectivity index (χ1v) is 7.46. The molecule has 0 radical (unpaired) electrons. The maximum atomic E-state index is 10.4. The second-order valence-electron chi connectivity index (χ2n) is 4.75. The van der Waals surface area contributed by atoms with Crippen LogP contribution in [0, 0.1) is 0 Å².